The van der Waals surface area contributed by atoms with Gasteiger partial charge in [-0.3, -0.25) is 4.79 Å². The van der Waals surface area contributed by atoms with Crippen molar-refractivity contribution in [1.82, 2.24) is 0 Å². The Bertz CT molecular complexity index is 797. The van der Waals surface area contributed by atoms with Crippen molar-refractivity contribution in [3.05, 3.63) is 84.4 Å². The average molecular weight is 319 g/mol. The van der Waals surface area contributed by atoms with Gasteiger partial charge in [0.25, 0.3) is 5.91 Å². The van der Waals surface area contributed by atoms with Crippen molar-refractivity contribution in [3.8, 4) is 11.1 Å². The maximum atomic E-state index is 12.4. The number of benzene rings is 3. The number of anilines is 1. The lowest BCUT2D eigenvalue weighted by Crippen LogP contribution is -2.12. The quantitative estimate of drug-likeness (QED) is 0.659. The fourth-order valence-corrected chi connectivity index (χ4v) is 2.94. The van der Waals surface area contributed by atoms with Crippen LogP contribution in [-0.4, -0.2) is 12.2 Å². The molecule has 0 spiro atoms. The van der Waals surface area contributed by atoms with Gasteiger partial charge < -0.3 is 5.32 Å². The minimum absolute atomic E-state index is 0.0916. The van der Waals surface area contributed by atoms with E-state index in [1.165, 1.54) is 0 Å². The van der Waals surface area contributed by atoms with Crippen molar-refractivity contribution >= 4 is 23.4 Å². The molecule has 114 valence electrons. The van der Waals surface area contributed by atoms with Gasteiger partial charge in [-0.05, 0) is 41.6 Å². The van der Waals surface area contributed by atoms with Gasteiger partial charge in [0.2, 0.25) is 0 Å². The molecule has 0 radical (unpaired) electrons. The molecule has 0 aromatic heterocycles. The van der Waals surface area contributed by atoms with Gasteiger partial charge >= 0.3 is 0 Å². The summed E-state index contributed by atoms with van der Waals surface area (Å²) in [4.78, 5) is 13.5. The number of para-hydroxylation sites is 1. The molecule has 3 rings (SSSR count). The van der Waals surface area contributed by atoms with Crippen LogP contribution in [0.15, 0.2) is 83.8 Å². The minimum Gasteiger partial charge on any atom is -0.321 e. The molecule has 0 heterocycles. The van der Waals surface area contributed by atoms with Crippen LogP contribution in [0.4, 0.5) is 5.69 Å². The molecular weight excluding hydrogens is 302 g/mol. The lowest BCUT2D eigenvalue weighted by Gasteiger charge is -2.09. The first kappa shape index (κ1) is 15.4. The number of rotatable bonds is 4. The summed E-state index contributed by atoms with van der Waals surface area (Å²) in [6.07, 6.45) is 2.00. The number of hydrogen-bond acceptors (Lipinski definition) is 2. The van der Waals surface area contributed by atoms with Crippen LogP contribution in [0.3, 0.4) is 0 Å². The van der Waals surface area contributed by atoms with Crippen LogP contribution in [0.5, 0.6) is 0 Å². The van der Waals surface area contributed by atoms with Gasteiger partial charge in [-0.25, -0.2) is 0 Å². The van der Waals surface area contributed by atoms with Crippen LogP contribution in [0.1, 0.15) is 10.4 Å². The molecule has 1 N–H and O–H groups in total. The third-order valence-corrected chi connectivity index (χ3v) is 4.41. The van der Waals surface area contributed by atoms with Crippen molar-refractivity contribution in [2.75, 3.05) is 11.6 Å². The normalized spacial score (nSPS) is 10.3. The summed E-state index contributed by atoms with van der Waals surface area (Å²) in [6, 6.07) is 25.6. The molecule has 2 nitrogen and oxygen atoms in total. The molecular formula is C20H17NOS. The molecule has 3 aromatic rings. The van der Waals surface area contributed by atoms with Gasteiger partial charge in [-0.2, -0.15) is 0 Å². The highest BCUT2D eigenvalue weighted by Gasteiger charge is 2.08. The van der Waals surface area contributed by atoms with Gasteiger partial charge in [0.15, 0.2) is 0 Å². The fraction of sp³-hybridized carbons (Fsp3) is 0.0500. The lowest BCUT2D eigenvalue weighted by atomic mass is 10.0. The summed E-state index contributed by atoms with van der Waals surface area (Å²) in [5.41, 5.74) is 3.75. The van der Waals surface area contributed by atoms with Gasteiger partial charge in [0, 0.05) is 10.5 Å². The van der Waals surface area contributed by atoms with Gasteiger partial charge in [-0.15, -0.1) is 11.8 Å². The lowest BCUT2D eigenvalue weighted by molar-refractivity contribution is 0.102. The van der Waals surface area contributed by atoms with E-state index in [0.717, 1.165) is 21.7 Å². The number of nitrogens with one attached hydrogen (secondary N) is 1. The number of carbonyl (C=O) groups excluding carboxylic acids is 1. The molecule has 0 saturated carbocycles. The van der Waals surface area contributed by atoms with Gasteiger partial charge in [0.05, 0.1) is 5.69 Å². The van der Waals surface area contributed by atoms with Crippen LogP contribution in [0, 0.1) is 0 Å². The molecule has 0 atom stereocenters. The van der Waals surface area contributed by atoms with Crippen LogP contribution < -0.4 is 5.32 Å². The Morgan fingerprint density at radius 3 is 2.09 bits per heavy atom. The van der Waals surface area contributed by atoms with Crippen LogP contribution in [0.2, 0.25) is 0 Å². The van der Waals surface area contributed by atoms with Crippen molar-refractivity contribution in [1.29, 1.82) is 0 Å². The highest BCUT2D eigenvalue weighted by Crippen LogP contribution is 2.25. The van der Waals surface area contributed by atoms with E-state index < -0.39 is 0 Å². The Hall–Kier alpha value is -2.52. The minimum atomic E-state index is -0.0916. The zero-order chi connectivity index (χ0) is 16.1. The zero-order valence-corrected chi connectivity index (χ0v) is 13.6. The predicted molar refractivity (Wildman–Crippen MR) is 98.1 cm³/mol. The Morgan fingerprint density at radius 2 is 1.39 bits per heavy atom. The Kier molecular flexibility index (Phi) is 4.79. The van der Waals surface area contributed by atoms with Crippen molar-refractivity contribution < 1.29 is 4.79 Å². The third-order valence-electron chi connectivity index (χ3n) is 3.61. The van der Waals surface area contributed by atoms with E-state index in [9.17, 15) is 4.79 Å². The highest BCUT2D eigenvalue weighted by molar-refractivity contribution is 7.98. The second-order valence-electron chi connectivity index (χ2n) is 5.10. The molecule has 23 heavy (non-hydrogen) atoms. The first-order valence-electron chi connectivity index (χ1n) is 7.38. The summed E-state index contributed by atoms with van der Waals surface area (Å²) in [7, 11) is 0. The molecule has 3 heteroatoms. The van der Waals surface area contributed by atoms with Gasteiger partial charge in [0.1, 0.15) is 0 Å². The van der Waals surface area contributed by atoms with E-state index in [4.69, 9.17) is 0 Å². The summed E-state index contributed by atoms with van der Waals surface area (Å²) in [5.74, 6) is -0.0916. The van der Waals surface area contributed by atoms with Crippen molar-refractivity contribution in [3.63, 3.8) is 0 Å². The first-order chi connectivity index (χ1) is 11.3. The van der Waals surface area contributed by atoms with Crippen LogP contribution in [0.25, 0.3) is 11.1 Å². The smallest absolute Gasteiger partial charge is 0.255 e. The number of hydrogen-bond donors (Lipinski definition) is 1. The fourth-order valence-electron chi connectivity index (χ4n) is 2.39. The summed E-state index contributed by atoms with van der Waals surface area (Å²) >= 11 is 1.62. The maximum absolute atomic E-state index is 12.4. The third kappa shape index (κ3) is 3.63. The molecule has 0 saturated heterocycles. The molecule has 0 aliphatic heterocycles. The Balaban J connectivity index is 1.78. The van der Waals surface area contributed by atoms with E-state index in [-0.39, 0.29) is 5.91 Å². The molecule has 3 aromatic carbocycles. The average Bonchev–Trinajstić information content (AvgIpc) is 2.63. The summed E-state index contributed by atoms with van der Waals surface area (Å²) < 4.78 is 0. The first-order valence-corrected chi connectivity index (χ1v) is 8.60. The second-order valence-corrected chi connectivity index (χ2v) is 5.95. The Morgan fingerprint density at radius 1 is 0.783 bits per heavy atom. The molecule has 0 fully saturated rings. The second kappa shape index (κ2) is 7.16. The van der Waals surface area contributed by atoms with E-state index in [1.54, 1.807) is 11.8 Å². The monoisotopic (exact) mass is 319 g/mol. The zero-order valence-electron chi connectivity index (χ0n) is 12.8. The SMILES string of the molecule is CSc1ccccc1NC(=O)c1ccc(-c2ccccc2)cc1. The maximum Gasteiger partial charge on any atom is 0.255 e. The van der Waals surface area contributed by atoms with Crippen molar-refractivity contribution in [2.45, 2.75) is 4.90 Å². The van der Waals surface area contributed by atoms with Crippen LogP contribution in [-0.2, 0) is 0 Å². The Labute approximate surface area is 140 Å². The number of thioether (sulfide) groups is 1. The van der Waals surface area contributed by atoms with E-state index >= 15 is 0 Å². The molecule has 0 unspecified atom stereocenters. The summed E-state index contributed by atoms with van der Waals surface area (Å²) in [5, 5.41) is 2.98. The van der Waals surface area contributed by atoms with Crippen molar-refractivity contribution in [2.24, 2.45) is 0 Å². The standard InChI is InChI=1S/C20H17NOS/c1-23-19-10-6-5-9-18(19)21-20(22)17-13-11-16(12-14-17)15-7-3-2-4-8-15/h2-14H,1H3,(H,21,22). The van der Waals surface area contributed by atoms with E-state index in [0.29, 0.717) is 5.56 Å². The summed E-state index contributed by atoms with van der Waals surface area (Å²) in [6.45, 7) is 0. The largest absolute Gasteiger partial charge is 0.321 e. The highest BCUT2D eigenvalue weighted by atomic mass is 32.2. The van der Waals surface area contributed by atoms with Crippen LogP contribution >= 0.6 is 11.8 Å². The molecule has 0 aliphatic carbocycles. The molecule has 1 amide bonds. The predicted octanol–water partition coefficient (Wildman–Crippen LogP) is 5.33. The van der Waals surface area contributed by atoms with E-state index in [1.807, 2.05) is 73.0 Å². The number of amides is 1. The van der Waals surface area contributed by atoms with E-state index in [2.05, 4.69) is 17.4 Å². The number of carbonyl (C=O) groups is 1. The molecule has 0 aliphatic rings. The molecule has 0 bridgehead atoms. The van der Waals surface area contributed by atoms with Gasteiger partial charge in [-0.1, -0.05) is 54.6 Å². The topological polar surface area (TPSA) is 29.1 Å².